The molecule has 0 unspecified atom stereocenters. The van der Waals surface area contributed by atoms with Gasteiger partial charge >= 0.3 is 11.6 Å². The Hall–Kier alpha value is -2.56. The Balaban J connectivity index is 1.77. The van der Waals surface area contributed by atoms with Crippen LogP contribution in [-0.2, 0) is 4.79 Å². The summed E-state index contributed by atoms with van der Waals surface area (Å²) < 4.78 is 11.4. The van der Waals surface area contributed by atoms with Gasteiger partial charge in [-0.05, 0) is 63.6 Å². The van der Waals surface area contributed by atoms with Crippen molar-refractivity contribution >= 4 is 16.9 Å². The summed E-state index contributed by atoms with van der Waals surface area (Å²) in [6.45, 7) is 8.89. The third-order valence-corrected chi connectivity index (χ3v) is 6.58. The first-order chi connectivity index (χ1) is 13.7. The molecular weight excluding hydrogens is 368 g/mol. The standard InChI is InChI=1S/C24H30O5/c1-15-11-12-24(4,20(17(15)3)9-5-16(2)23(26)27)14-28-19-8-6-18-7-10-22(25)29-21(18)13-19/h6-8,10,13,16,20H,5,9,11-12,14H2,1-4H3,(H,26,27)/t16-,20+,24+/m1/s1. The molecule has 1 aliphatic carbocycles. The van der Waals surface area contributed by atoms with Crippen LogP contribution < -0.4 is 10.4 Å². The second-order valence-electron chi connectivity index (χ2n) is 8.73. The molecule has 2 aromatic rings. The highest BCUT2D eigenvalue weighted by Gasteiger charge is 2.39. The smallest absolute Gasteiger partial charge is 0.336 e. The molecule has 1 heterocycles. The van der Waals surface area contributed by atoms with Crippen LogP contribution in [0.3, 0.4) is 0 Å². The molecule has 1 aliphatic rings. The van der Waals surface area contributed by atoms with Gasteiger partial charge in [-0.25, -0.2) is 4.79 Å². The molecule has 0 fully saturated rings. The van der Waals surface area contributed by atoms with Crippen LogP contribution in [0.4, 0.5) is 0 Å². The number of rotatable bonds is 7. The van der Waals surface area contributed by atoms with Crippen LogP contribution in [0.5, 0.6) is 5.75 Å². The van der Waals surface area contributed by atoms with E-state index in [0.29, 0.717) is 24.4 Å². The van der Waals surface area contributed by atoms with Crippen LogP contribution in [0.25, 0.3) is 11.0 Å². The molecule has 29 heavy (non-hydrogen) atoms. The Morgan fingerprint density at radius 2 is 2.03 bits per heavy atom. The van der Waals surface area contributed by atoms with Gasteiger partial charge < -0.3 is 14.3 Å². The maximum absolute atomic E-state index is 11.5. The van der Waals surface area contributed by atoms with Crippen molar-refractivity contribution in [2.45, 2.75) is 53.4 Å². The van der Waals surface area contributed by atoms with E-state index < -0.39 is 5.97 Å². The molecule has 156 valence electrons. The molecule has 0 amide bonds. The molecule has 0 saturated carbocycles. The van der Waals surface area contributed by atoms with Crippen LogP contribution in [0.15, 0.2) is 50.7 Å². The van der Waals surface area contributed by atoms with Gasteiger partial charge in [-0.1, -0.05) is 25.0 Å². The van der Waals surface area contributed by atoms with E-state index in [4.69, 9.17) is 9.15 Å². The summed E-state index contributed by atoms with van der Waals surface area (Å²) >= 11 is 0. The number of aliphatic carboxylic acids is 1. The second-order valence-corrected chi connectivity index (χ2v) is 8.73. The largest absolute Gasteiger partial charge is 0.493 e. The quantitative estimate of drug-likeness (QED) is 0.497. The highest BCUT2D eigenvalue weighted by molar-refractivity contribution is 5.77. The first-order valence-corrected chi connectivity index (χ1v) is 10.3. The van der Waals surface area contributed by atoms with Crippen molar-refractivity contribution < 1.29 is 19.1 Å². The minimum atomic E-state index is -0.741. The Morgan fingerprint density at radius 3 is 2.76 bits per heavy atom. The third kappa shape index (κ3) is 4.72. The van der Waals surface area contributed by atoms with Crippen LogP contribution >= 0.6 is 0 Å². The topological polar surface area (TPSA) is 76.7 Å². The maximum atomic E-state index is 11.5. The number of benzene rings is 1. The average Bonchev–Trinajstić information content (AvgIpc) is 2.69. The van der Waals surface area contributed by atoms with Crippen molar-refractivity contribution in [1.29, 1.82) is 0 Å². The first kappa shape index (κ1) is 21.2. The van der Waals surface area contributed by atoms with Gasteiger partial charge in [-0.2, -0.15) is 0 Å². The van der Waals surface area contributed by atoms with Gasteiger partial charge in [0.15, 0.2) is 0 Å². The second kappa shape index (κ2) is 8.44. The van der Waals surface area contributed by atoms with E-state index in [1.54, 1.807) is 19.1 Å². The van der Waals surface area contributed by atoms with Crippen LogP contribution in [0.2, 0.25) is 0 Å². The zero-order valence-corrected chi connectivity index (χ0v) is 17.7. The van der Waals surface area contributed by atoms with E-state index in [1.807, 2.05) is 12.1 Å². The summed E-state index contributed by atoms with van der Waals surface area (Å²) in [5.41, 5.74) is 2.83. The fourth-order valence-electron chi connectivity index (χ4n) is 4.32. The van der Waals surface area contributed by atoms with Crippen molar-refractivity contribution in [2.75, 3.05) is 6.61 Å². The lowest BCUT2D eigenvalue weighted by Crippen LogP contribution is -2.38. The normalized spacial score (nSPS) is 23.2. The van der Waals surface area contributed by atoms with Crippen molar-refractivity contribution in [2.24, 2.45) is 17.3 Å². The lowest BCUT2D eigenvalue weighted by Gasteiger charge is -2.43. The fourth-order valence-corrected chi connectivity index (χ4v) is 4.32. The number of carboxylic acid groups (broad SMARTS) is 1. The number of ether oxygens (including phenoxy) is 1. The number of hydrogen-bond donors (Lipinski definition) is 1. The Morgan fingerprint density at radius 1 is 1.31 bits per heavy atom. The molecule has 0 aliphatic heterocycles. The average molecular weight is 398 g/mol. The fraction of sp³-hybridized carbons (Fsp3) is 0.500. The van der Waals surface area contributed by atoms with E-state index >= 15 is 0 Å². The first-order valence-electron chi connectivity index (χ1n) is 10.3. The van der Waals surface area contributed by atoms with Crippen molar-refractivity contribution in [3.63, 3.8) is 0 Å². The van der Waals surface area contributed by atoms with Crippen molar-refractivity contribution in [3.8, 4) is 5.75 Å². The van der Waals surface area contributed by atoms with E-state index in [0.717, 1.165) is 24.6 Å². The monoisotopic (exact) mass is 398 g/mol. The molecule has 5 heteroatoms. The van der Waals surface area contributed by atoms with Gasteiger partial charge in [-0.3, -0.25) is 4.79 Å². The molecule has 0 radical (unpaired) electrons. The van der Waals surface area contributed by atoms with E-state index in [2.05, 4.69) is 20.8 Å². The van der Waals surface area contributed by atoms with E-state index in [1.165, 1.54) is 17.2 Å². The lowest BCUT2D eigenvalue weighted by atomic mass is 9.64. The molecular formula is C24H30O5. The molecule has 0 saturated heterocycles. The molecule has 5 nitrogen and oxygen atoms in total. The highest BCUT2D eigenvalue weighted by atomic mass is 16.5. The molecule has 3 atom stereocenters. The summed E-state index contributed by atoms with van der Waals surface area (Å²) in [6.07, 6.45) is 3.53. The minimum absolute atomic E-state index is 0.0751. The maximum Gasteiger partial charge on any atom is 0.336 e. The van der Waals surface area contributed by atoms with E-state index in [9.17, 15) is 14.7 Å². The van der Waals surface area contributed by atoms with Gasteiger partial charge in [-0.15, -0.1) is 0 Å². The number of hydrogen-bond acceptors (Lipinski definition) is 4. The summed E-state index contributed by atoms with van der Waals surface area (Å²) in [7, 11) is 0. The molecule has 1 aromatic carbocycles. The molecule has 1 aromatic heterocycles. The lowest BCUT2D eigenvalue weighted by molar-refractivity contribution is -0.141. The van der Waals surface area contributed by atoms with Crippen LogP contribution in [-0.4, -0.2) is 17.7 Å². The van der Waals surface area contributed by atoms with Gasteiger partial charge in [0.05, 0.1) is 12.5 Å². The van der Waals surface area contributed by atoms with Gasteiger partial charge in [0, 0.05) is 22.9 Å². The van der Waals surface area contributed by atoms with Gasteiger partial charge in [0.2, 0.25) is 0 Å². The predicted octanol–water partition coefficient (Wildman–Crippen LogP) is 5.43. The summed E-state index contributed by atoms with van der Waals surface area (Å²) in [5.74, 6) is -0.126. The summed E-state index contributed by atoms with van der Waals surface area (Å²) in [4.78, 5) is 22.7. The number of fused-ring (bicyclic) bond motifs is 1. The SMILES string of the molecule is CC1=C(C)[C@H](CC[C@@H](C)C(=O)O)[C@](C)(COc2ccc3ccc(=O)oc3c2)CC1. The molecule has 0 bridgehead atoms. The van der Waals surface area contributed by atoms with Crippen LogP contribution in [0.1, 0.15) is 53.4 Å². The van der Waals surface area contributed by atoms with Gasteiger partial charge in [0.25, 0.3) is 0 Å². The van der Waals surface area contributed by atoms with Crippen molar-refractivity contribution in [1.82, 2.24) is 0 Å². The Labute approximate surface area is 171 Å². The number of carbonyl (C=O) groups is 1. The molecule has 3 rings (SSSR count). The highest BCUT2D eigenvalue weighted by Crippen LogP contribution is 2.47. The number of carboxylic acids is 1. The zero-order chi connectivity index (χ0) is 21.2. The van der Waals surface area contributed by atoms with E-state index in [-0.39, 0.29) is 22.9 Å². The zero-order valence-electron chi connectivity index (χ0n) is 17.7. The molecule has 1 N–H and O–H groups in total. The van der Waals surface area contributed by atoms with Crippen LogP contribution in [0, 0.1) is 17.3 Å². The summed E-state index contributed by atoms with van der Waals surface area (Å²) in [5, 5.41) is 10.1. The third-order valence-electron chi connectivity index (χ3n) is 6.58. The minimum Gasteiger partial charge on any atom is -0.493 e. The number of allylic oxidation sites excluding steroid dienone is 2. The Kier molecular flexibility index (Phi) is 6.15. The summed E-state index contributed by atoms with van der Waals surface area (Å²) in [6, 6.07) is 8.69. The predicted molar refractivity (Wildman–Crippen MR) is 113 cm³/mol. The Bertz CT molecular complexity index is 986. The van der Waals surface area contributed by atoms with Crippen molar-refractivity contribution in [3.05, 3.63) is 51.9 Å². The van der Waals surface area contributed by atoms with Gasteiger partial charge in [0.1, 0.15) is 11.3 Å². The molecule has 0 spiro atoms.